The van der Waals surface area contributed by atoms with Crippen LogP contribution in [0.5, 0.6) is 0 Å². The van der Waals surface area contributed by atoms with Gasteiger partial charge in [-0.05, 0) is 73.1 Å². The third kappa shape index (κ3) is 7.84. The Labute approximate surface area is 248 Å². The second-order valence-corrected chi connectivity index (χ2v) is 11.3. The molecule has 1 heterocycles. The van der Waals surface area contributed by atoms with Gasteiger partial charge in [-0.3, -0.25) is 4.79 Å². The number of piperidine rings is 1. The van der Waals surface area contributed by atoms with E-state index in [1.807, 2.05) is 47.4 Å². The third-order valence-electron chi connectivity index (χ3n) is 8.10. The van der Waals surface area contributed by atoms with Crippen LogP contribution in [0.25, 0.3) is 11.1 Å². The van der Waals surface area contributed by atoms with Gasteiger partial charge in [0.2, 0.25) is 0 Å². The first kappa shape index (κ1) is 31.0. The fourth-order valence-corrected chi connectivity index (χ4v) is 5.69. The number of esters is 1. The molecule has 220 valence electrons. The number of nitrogens with two attached hydrogens (primary N) is 1. The normalized spacial score (nSPS) is 16.3. The quantitative estimate of drug-likeness (QED) is 0.264. The second-order valence-electron chi connectivity index (χ2n) is 11.3. The van der Waals surface area contributed by atoms with E-state index in [0.717, 1.165) is 44.1 Å². The first-order valence-electron chi connectivity index (χ1n) is 14.9. The van der Waals surface area contributed by atoms with Gasteiger partial charge in [0, 0.05) is 30.1 Å². The van der Waals surface area contributed by atoms with Crippen molar-refractivity contribution >= 4 is 11.9 Å². The van der Waals surface area contributed by atoms with Crippen molar-refractivity contribution in [3.63, 3.8) is 0 Å². The largest absolute Gasteiger partial charge is 0.462 e. The van der Waals surface area contributed by atoms with E-state index in [-0.39, 0.29) is 37.1 Å². The number of aliphatic hydroxyl groups is 1. The van der Waals surface area contributed by atoms with Crippen LogP contribution in [0.4, 0.5) is 0 Å². The average Bonchev–Trinajstić information content (AvgIpc) is 3.03. The molecule has 0 spiro atoms. The van der Waals surface area contributed by atoms with E-state index in [1.165, 1.54) is 0 Å². The lowest BCUT2D eigenvalue weighted by Gasteiger charge is -2.36. The lowest BCUT2D eigenvalue weighted by Crippen LogP contribution is -2.47. The van der Waals surface area contributed by atoms with Gasteiger partial charge in [0.15, 0.2) is 0 Å². The highest BCUT2D eigenvalue weighted by molar-refractivity contribution is 6.00. The van der Waals surface area contributed by atoms with Gasteiger partial charge in [0.1, 0.15) is 0 Å². The molecule has 7 heteroatoms. The van der Waals surface area contributed by atoms with Crippen molar-refractivity contribution < 1.29 is 19.4 Å². The molecule has 1 amide bonds. The van der Waals surface area contributed by atoms with Crippen LogP contribution < -0.4 is 5.73 Å². The fourth-order valence-electron chi connectivity index (χ4n) is 5.69. The molecular formula is C35H41N3O4. The Balaban J connectivity index is 1.59. The molecule has 2 atom stereocenters. The van der Waals surface area contributed by atoms with Crippen LogP contribution in [0, 0.1) is 11.3 Å². The van der Waals surface area contributed by atoms with E-state index in [0.29, 0.717) is 35.2 Å². The molecular weight excluding hydrogens is 526 g/mol. The van der Waals surface area contributed by atoms with Gasteiger partial charge in [0.25, 0.3) is 5.91 Å². The van der Waals surface area contributed by atoms with Crippen LogP contribution in [0.2, 0.25) is 0 Å². The Morgan fingerprint density at radius 1 is 1.07 bits per heavy atom. The average molecular weight is 568 g/mol. The molecule has 2 unspecified atom stereocenters. The number of amides is 1. The van der Waals surface area contributed by atoms with Crippen molar-refractivity contribution in [2.24, 2.45) is 5.73 Å². The lowest BCUT2D eigenvalue weighted by molar-refractivity contribution is 0.0451. The minimum absolute atomic E-state index is 0.0102. The molecule has 42 heavy (non-hydrogen) atoms. The van der Waals surface area contributed by atoms with Crippen molar-refractivity contribution in [2.75, 3.05) is 19.8 Å². The molecule has 0 aliphatic carbocycles. The number of carbonyl (C=O) groups is 2. The summed E-state index contributed by atoms with van der Waals surface area (Å²) in [7, 11) is 0. The summed E-state index contributed by atoms with van der Waals surface area (Å²) in [5, 5.41) is 19.7. The predicted molar refractivity (Wildman–Crippen MR) is 164 cm³/mol. The summed E-state index contributed by atoms with van der Waals surface area (Å²) in [5.41, 5.74) is 8.86. The summed E-state index contributed by atoms with van der Waals surface area (Å²) >= 11 is 0. The van der Waals surface area contributed by atoms with Gasteiger partial charge in [-0.25, -0.2) is 4.79 Å². The van der Waals surface area contributed by atoms with Crippen LogP contribution in [0.15, 0.2) is 72.8 Å². The highest BCUT2D eigenvalue weighted by Crippen LogP contribution is 2.29. The molecule has 1 aliphatic heterocycles. The number of carbonyl (C=O) groups excluding carboxylic acids is 2. The predicted octanol–water partition coefficient (Wildman–Crippen LogP) is 5.89. The molecule has 3 aromatic carbocycles. The number of unbranched alkanes of at least 4 members (excludes halogenated alkanes) is 1. The topological polar surface area (TPSA) is 117 Å². The first-order chi connectivity index (χ1) is 20.4. The van der Waals surface area contributed by atoms with Crippen molar-refractivity contribution in [1.82, 2.24) is 4.90 Å². The zero-order valence-electron chi connectivity index (χ0n) is 24.4. The van der Waals surface area contributed by atoms with Crippen LogP contribution >= 0.6 is 0 Å². The molecule has 3 aromatic rings. The molecule has 7 nitrogen and oxygen atoms in total. The minimum Gasteiger partial charge on any atom is -0.462 e. The zero-order valence-corrected chi connectivity index (χ0v) is 24.4. The summed E-state index contributed by atoms with van der Waals surface area (Å²) in [6.07, 6.45) is 6.83. The molecule has 0 bridgehead atoms. The number of nitriles is 1. The second kappa shape index (κ2) is 14.8. The Bertz CT molecular complexity index is 1400. The standard InChI is InChI=1S/C35H41N3O4/c1-2-3-14-31-15-9-10-18-38(31)33(40)29-20-28(32-16-8-7-13-27(32)24-36)21-30(22-29)34(41)42-19-17-35(37,25-39)23-26-11-5-4-6-12-26/h4-8,11-13,16,20-22,31,39H,2-3,9-10,14-15,17-19,23,25,37H2,1H3. The van der Waals surface area contributed by atoms with Crippen LogP contribution in [0.3, 0.4) is 0 Å². The van der Waals surface area contributed by atoms with Gasteiger partial charge in [-0.2, -0.15) is 5.26 Å². The van der Waals surface area contributed by atoms with E-state index in [2.05, 4.69) is 13.0 Å². The maximum Gasteiger partial charge on any atom is 0.338 e. The monoisotopic (exact) mass is 567 g/mol. The van der Waals surface area contributed by atoms with Crippen LogP contribution in [-0.4, -0.2) is 53.2 Å². The Hall–Kier alpha value is -3.99. The molecule has 0 radical (unpaired) electrons. The van der Waals surface area contributed by atoms with Crippen molar-refractivity contribution in [1.29, 1.82) is 5.26 Å². The molecule has 4 rings (SSSR count). The maximum absolute atomic E-state index is 13.9. The van der Waals surface area contributed by atoms with Crippen molar-refractivity contribution in [2.45, 2.75) is 69.9 Å². The summed E-state index contributed by atoms with van der Waals surface area (Å²) in [6.45, 7) is 2.59. The van der Waals surface area contributed by atoms with Gasteiger partial charge in [0.05, 0.1) is 30.4 Å². The summed E-state index contributed by atoms with van der Waals surface area (Å²) in [5.74, 6) is -0.688. The maximum atomic E-state index is 13.9. The molecule has 0 aromatic heterocycles. The minimum atomic E-state index is -0.946. The van der Waals surface area contributed by atoms with Crippen molar-refractivity contribution in [3.8, 4) is 17.2 Å². The van der Waals surface area contributed by atoms with E-state index in [9.17, 15) is 20.0 Å². The molecule has 3 N–H and O–H groups in total. The lowest BCUT2D eigenvalue weighted by atomic mass is 9.90. The number of hydrogen-bond acceptors (Lipinski definition) is 6. The summed E-state index contributed by atoms with van der Waals surface area (Å²) in [4.78, 5) is 29.2. The number of benzene rings is 3. The molecule has 1 aliphatic rings. The van der Waals surface area contributed by atoms with Gasteiger partial charge in [-0.1, -0.05) is 68.3 Å². The number of aliphatic hydroxyl groups excluding tert-OH is 1. The summed E-state index contributed by atoms with van der Waals surface area (Å²) < 4.78 is 5.65. The van der Waals surface area contributed by atoms with Gasteiger partial charge < -0.3 is 20.5 Å². The number of likely N-dealkylation sites (tertiary alicyclic amines) is 1. The first-order valence-corrected chi connectivity index (χ1v) is 14.9. The highest BCUT2D eigenvalue weighted by atomic mass is 16.5. The number of nitrogens with zero attached hydrogens (tertiary/aromatic N) is 2. The van der Waals surface area contributed by atoms with Crippen LogP contribution in [0.1, 0.15) is 83.7 Å². The zero-order chi connectivity index (χ0) is 30.0. The Morgan fingerprint density at radius 2 is 1.81 bits per heavy atom. The van der Waals surface area contributed by atoms with E-state index >= 15 is 0 Å². The number of ether oxygens (including phenoxy) is 1. The van der Waals surface area contributed by atoms with Crippen LogP contribution in [-0.2, 0) is 11.2 Å². The van der Waals surface area contributed by atoms with E-state index in [1.54, 1.807) is 30.3 Å². The molecule has 1 fully saturated rings. The fraction of sp³-hybridized carbons (Fsp3) is 0.400. The Kier molecular flexibility index (Phi) is 10.9. The van der Waals surface area contributed by atoms with Gasteiger partial charge >= 0.3 is 5.97 Å². The molecule has 0 saturated carbocycles. The summed E-state index contributed by atoms with van der Waals surface area (Å²) in [6, 6.07) is 24.2. The number of hydrogen-bond donors (Lipinski definition) is 2. The smallest absolute Gasteiger partial charge is 0.338 e. The molecule has 1 saturated heterocycles. The Morgan fingerprint density at radius 3 is 2.55 bits per heavy atom. The third-order valence-corrected chi connectivity index (χ3v) is 8.10. The van der Waals surface area contributed by atoms with Gasteiger partial charge in [-0.15, -0.1) is 0 Å². The van der Waals surface area contributed by atoms with E-state index < -0.39 is 11.5 Å². The van der Waals surface area contributed by atoms with Crippen molar-refractivity contribution in [3.05, 3.63) is 95.1 Å². The SMILES string of the molecule is CCCCC1CCCCN1C(=O)c1cc(C(=O)OCCC(N)(CO)Cc2ccccc2)cc(-c2ccccc2C#N)c1. The highest BCUT2D eigenvalue weighted by Gasteiger charge is 2.29. The number of rotatable bonds is 12. The van der Waals surface area contributed by atoms with E-state index in [4.69, 9.17) is 10.5 Å².